The molecule has 14 heavy (non-hydrogen) atoms. The van der Waals surface area contributed by atoms with Gasteiger partial charge in [0.15, 0.2) is 0 Å². The molecule has 0 saturated carbocycles. The fourth-order valence-electron chi connectivity index (χ4n) is 1.19. The van der Waals surface area contributed by atoms with E-state index in [0.717, 1.165) is 0 Å². The third-order valence-electron chi connectivity index (χ3n) is 1.81. The highest BCUT2D eigenvalue weighted by atomic mass is 16.4. The monoisotopic (exact) mass is 189 g/mol. The van der Waals surface area contributed by atoms with Crippen molar-refractivity contribution in [2.45, 2.75) is 6.42 Å². The number of aliphatic carboxylic acids is 1. The number of Topliss-reactive ketones (excluding diaryl/α,β-unsaturated/α-hetero) is 1. The Morgan fingerprint density at radius 2 is 2.00 bits per heavy atom. The second-order valence-corrected chi connectivity index (χ2v) is 2.77. The molecule has 0 spiro atoms. The third kappa shape index (κ3) is 2.07. The maximum absolute atomic E-state index is 11.1. The Balaban J connectivity index is 3.12. The Morgan fingerprint density at radius 3 is 2.57 bits per heavy atom. The minimum atomic E-state index is -1.68. The van der Waals surface area contributed by atoms with Crippen LogP contribution in [0.2, 0.25) is 0 Å². The number of benzene rings is 1. The van der Waals surface area contributed by atoms with Crippen LogP contribution in [0.15, 0.2) is 36.9 Å². The fourth-order valence-corrected chi connectivity index (χ4v) is 1.19. The van der Waals surface area contributed by atoms with Crippen LogP contribution in [0, 0.1) is 0 Å². The van der Waals surface area contributed by atoms with Gasteiger partial charge in [-0.1, -0.05) is 30.3 Å². The predicted molar refractivity (Wildman–Crippen MR) is 49.7 cm³/mol. The minimum Gasteiger partial charge on any atom is -0.541 e. The molecule has 0 bridgehead atoms. The molecule has 0 N–H and O–H groups in total. The van der Waals surface area contributed by atoms with Crippen molar-refractivity contribution >= 4 is 11.8 Å². The summed E-state index contributed by atoms with van der Waals surface area (Å²) in [6.45, 7) is 3.53. The van der Waals surface area contributed by atoms with Crippen LogP contribution in [-0.4, -0.2) is 11.8 Å². The van der Waals surface area contributed by atoms with E-state index in [2.05, 4.69) is 6.58 Å². The first kappa shape index (κ1) is 10.2. The molecule has 0 atom stereocenters. The predicted octanol–water partition coefficient (Wildman–Crippen LogP) is 0.348. The van der Waals surface area contributed by atoms with Gasteiger partial charge in [0.05, 0.1) is 0 Å². The number of carbonyl (C=O) groups excluding carboxylic acids is 2. The fraction of sp³-hybridized carbons (Fsp3) is 0.0909. The normalized spacial score (nSPS) is 9.43. The molecule has 3 heteroatoms. The topological polar surface area (TPSA) is 57.2 Å². The first-order chi connectivity index (χ1) is 6.66. The van der Waals surface area contributed by atoms with Gasteiger partial charge in [-0.05, 0) is 12.0 Å². The molecular formula is C11H9O3-. The third-order valence-corrected chi connectivity index (χ3v) is 1.81. The Labute approximate surface area is 81.7 Å². The van der Waals surface area contributed by atoms with Gasteiger partial charge in [0.1, 0.15) is 5.97 Å². The molecule has 0 saturated heterocycles. The number of carbonyl (C=O) groups is 2. The van der Waals surface area contributed by atoms with E-state index >= 15 is 0 Å². The van der Waals surface area contributed by atoms with Crippen molar-refractivity contribution in [1.29, 1.82) is 0 Å². The number of carboxylic acid groups (broad SMARTS) is 1. The maximum Gasteiger partial charge on any atom is 0.208 e. The quantitative estimate of drug-likeness (QED) is 0.390. The standard InChI is InChI=1S/C11H10O3/c1-2-5-8-6-3-4-7-9(8)10(12)11(13)14/h2-4,6-7H,1,5H2,(H,13,14)/p-1. The van der Waals surface area contributed by atoms with E-state index in [9.17, 15) is 14.7 Å². The molecule has 0 heterocycles. The summed E-state index contributed by atoms with van der Waals surface area (Å²) in [7, 11) is 0. The number of carboxylic acids is 1. The van der Waals surface area contributed by atoms with Crippen molar-refractivity contribution in [3.05, 3.63) is 48.0 Å². The molecule has 1 rings (SSSR count). The van der Waals surface area contributed by atoms with Gasteiger partial charge in [0, 0.05) is 5.56 Å². The van der Waals surface area contributed by atoms with Crippen LogP contribution in [0.1, 0.15) is 15.9 Å². The zero-order valence-electron chi connectivity index (χ0n) is 7.53. The van der Waals surface area contributed by atoms with Crippen molar-refractivity contribution < 1.29 is 14.7 Å². The van der Waals surface area contributed by atoms with Gasteiger partial charge < -0.3 is 9.90 Å². The van der Waals surface area contributed by atoms with Gasteiger partial charge >= 0.3 is 0 Å². The van der Waals surface area contributed by atoms with E-state index in [4.69, 9.17) is 0 Å². The molecule has 0 aliphatic rings. The van der Waals surface area contributed by atoms with Crippen LogP contribution in [0.4, 0.5) is 0 Å². The Hall–Kier alpha value is -1.90. The van der Waals surface area contributed by atoms with E-state index in [0.29, 0.717) is 12.0 Å². The van der Waals surface area contributed by atoms with Gasteiger partial charge in [-0.15, -0.1) is 6.58 Å². The summed E-state index contributed by atoms with van der Waals surface area (Å²) in [5.74, 6) is -2.66. The van der Waals surface area contributed by atoms with E-state index < -0.39 is 11.8 Å². The van der Waals surface area contributed by atoms with E-state index in [1.807, 2.05) is 0 Å². The summed E-state index contributed by atoms with van der Waals surface area (Å²) in [4.78, 5) is 21.5. The Kier molecular flexibility index (Phi) is 3.18. The lowest BCUT2D eigenvalue weighted by atomic mass is 10.0. The Bertz CT molecular complexity index is 380. The van der Waals surface area contributed by atoms with Gasteiger partial charge in [-0.3, -0.25) is 4.79 Å². The van der Waals surface area contributed by atoms with Crippen molar-refractivity contribution in [2.24, 2.45) is 0 Å². The van der Waals surface area contributed by atoms with E-state index in [1.54, 1.807) is 24.3 Å². The summed E-state index contributed by atoms with van der Waals surface area (Å²) in [5.41, 5.74) is 0.823. The van der Waals surface area contributed by atoms with Crippen LogP contribution in [-0.2, 0) is 11.2 Å². The highest BCUT2D eigenvalue weighted by molar-refractivity contribution is 6.39. The number of hydrogen-bond donors (Lipinski definition) is 0. The van der Waals surface area contributed by atoms with Gasteiger partial charge in [-0.25, -0.2) is 0 Å². The van der Waals surface area contributed by atoms with Crippen molar-refractivity contribution in [1.82, 2.24) is 0 Å². The molecular weight excluding hydrogens is 180 g/mol. The lowest BCUT2D eigenvalue weighted by molar-refractivity contribution is -0.296. The zero-order valence-corrected chi connectivity index (χ0v) is 7.53. The number of ketones is 1. The number of rotatable bonds is 4. The Morgan fingerprint density at radius 1 is 1.36 bits per heavy atom. The van der Waals surface area contributed by atoms with Crippen LogP contribution in [0.5, 0.6) is 0 Å². The molecule has 0 aliphatic carbocycles. The van der Waals surface area contributed by atoms with Crippen LogP contribution in [0.3, 0.4) is 0 Å². The van der Waals surface area contributed by atoms with Crippen molar-refractivity contribution in [2.75, 3.05) is 0 Å². The SMILES string of the molecule is C=CCc1ccccc1C(=O)C(=O)[O-]. The number of allylic oxidation sites excluding steroid dienone is 1. The summed E-state index contributed by atoms with van der Waals surface area (Å²) < 4.78 is 0. The molecule has 3 nitrogen and oxygen atoms in total. The van der Waals surface area contributed by atoms with Crippen molar-refractivity contribution in [3.63, 3.8) is 0 Å². The average Bonchev–Trinajstić information content (AvgIpc) is 2.18. The van der Waals surface area contributed by atoms with Crippen LogP contribution < -0.4 is 5.11 Å². The summed E-state index contributed by atoms with van der Waals surface area (Å²) >= 11 is 0. The molecule has 0 fully saturated rings. The highest BCUT2D eigenvalue weighted by Crippen LogP contribution is 2.10. The van der Waals surface area contributed by atoms with Crippen LogP contribution >= 0.6 is 0 Å². The molecule has 0 amide bonds. The molecule has 0 radical (unpaired) electrons. The van der Waals surface area contributed by atoms with E-state index in [-0.39, 0.29) is 5.56 Å². The van der Waals surface area contributed by atoms with Crippen molar-refractivity contribution in [3.8, 4) is 0 Å². The first-order valence-corrected chi connectivity index (χ1v) is 4.11. The molecule has 0 unspecified atom stereocenters. The minimum absolute atomic E-state index is 0.174. The molecule has 0 aromatic heterocycles. The number of hydrogen-bond acceptors (Lipinski definition) is 3. The van der Waals surface area contributed by atoms with Gasteiger partial charge in [-0.2, -0.15) is 0 Å². The zero-order chi connectivity index (χ0) is 10.6. The summed E-state index contributed by atoms with van der Waals surface area (Å²) in [5, 5.41) is 10.4. The average molecular weight is 189 g/mol. The highest BCUT2D eigenvalue weighted by Gasteiger charge is 2.10. The second kappa shape index (κ2) is 4.37. The van der Waals surface area contributed by atoms with Crippen LogP contribution in [0.25, 0.3) is 0 Å². The lowest BCUT2D eigenvalue weighted by Gasteiger charge is -2.06. The van der Waals surface area contributed by atoms with Gasteiger partial charge in [0.25, 0.3) is 0 Å². The lowest BCUT2D eigenvalue weighted by Crippen LogP contribution is -2.32. The summed E-state index contributed by atoms with van der Waals surface area (Å²) in [6.07, 6.45) is 2.08. The smallest absolute Gasteiger partial charge is 0.208 e. The molecule has 1 aromatic carbocycles. The molecule has 72 valence electrons. The summed E-state index contributed by atoms with van der Waals surface area (Å²) in [6, 6.07) is 6.52. The molecule has 0 aliphatic heterocycles. The maximum atomic E-state index is 11.1. The first-order valence-electron chi connectivity index (χ1n) is 4.11. The second-order valence-electron chi connectivity index (χ2n) is 2.77. The van der Waals surface area contributed by atoms with E-state index in [1.165, 1.54) is 6.07 Å². The largest absolute Gasteiger partial charge is 0.541 e. The van der Waals surface area contributed by atoms with Gasteiger partial charge in [0.2, 0.25) is 5.78 Å². The molecule has 1 aromatic rings.